The van der Waals surface area contributed by atoms with Crippen LogP contribution in [0.3, 0.4) is 0 Å². The third-order valence-electron chi connectivity index (χ3n) is 5.49. The van der Waals surface area contributed by atoms with E-state index in [1.54, 1.807) is 0 Å². The number of aliphatic imine (C=N–C) groups is 1. The minimum Gasteiger partial charge on any atom is -0.357 e. The Morgan fingerprint density at radius 1 is 1.21 bits per heavy atom. The Kier molecular flexibility index (Phi) is 15.9. The molecule has 28 heavy (non-hydrogen) atoms. The van der Waals surface area contributed by atoms with E-state index in [0.29, 0.717) is 18.0 Å². The zero-order valence-corrected chi connectivity index (χ0v) is 21.1. The van der Waals surface area contributed by atoms with Crippen LogP contribution in [-0.2, 0) is 4.79 Å². The first kappa shape index (κ1) is 27.4. The van der Waals surface area contributed by atoms with Crippen LogP contribution in [0.1, 0.15) is 73.1 Å². The fourth-order valence-electron chi connectivity index (χ4n) is 3.75. The van der Waals surface area contributed by atoms with Gasteiger partial charge in [0.1, 0.15) is 0 Å². The van der Waals surface area contributed by atoms with Gasteiger partial charge in [0.05, 0.1) is 0 Å². The summed E-state index contributed by atoms with van der Waals surface area (Å²) < 4.78 is 0. The van der Waals surface area contributed by atoms with Gasteiger partial charge in [0.25, 0.3) is 0 Å². The quantitative estimate of drug-likeness (QED) is 0.227. The molecule has 1 aliphatic heterocycles. The maximum Gasteiger partial charge on any atom is 0.222 e. The topological polar surface area (TPSA) is 60.0 Å². The molecule has 6 nitrogen and oxygen atoms in total. The molecule has 7 heteroatoms. The van der Waals surface area contributed by atoms with Crippen LogP contribution in [0, 0.1) is 0 Å². The van der Waals surface area contributed by atoms with Crippen LogP contribution in [0.5, 0.6) is 0 Å². The van der Waals surface area contributed by atoms with Crippen molar-refractivity contribution in [1.82, 2.24) is 20.4 Å². The van der Waals surface area contributed by atoms with Crippen LogP contribution < -0.4 is 10.6 Å². The van der Waals surface area contributed by atoms with Gasteiger partial charge in [-0.2, -0.15) is 0 Å². The number of hydrogen-bond donors (Lipinski definition) is 2. The largest absolute Gasteiger partial charge is 0.357 e. The van der Waals surface area contributed by atoms with E-state index in [4.69, 9.17) is 4.99 Å². The average molecular weight is 510 g/mol. The molecule has 0 aliphatic carbocycles. The van der Waals surface area contributed by atoms with Gasteiger partial charge in [0.2, 0.25) is 5.91 Å². The van der Waals surface area contributed by atoms with Crippen molar-refractivity contribution in [3.8, 4) is 0 Å². The number of halogens is 1. The Labute approximate surface area is 190 Å². The van der Waals surface area contributed by atoms with Gasteiger partial charge < -0.3 is 20.4 Å². The summed E-state index contributed by atoms with van der Waals surface area (Å²) in [5.74, 6) is 1.22. The monoisotopic (exact) mass is 509 g/mol. The first-order chi connectivity index (χ1) is 13.0. The standard InChI is InChI=1S/C21H43N5O.HI/c1-6-19(26-17-11-13-20(26)27)14-15-23-21(22-7-2)24-18(5)12-10-16-25(8-3)9-4;/h18-19H,6-17H2,1-5H3,(H2,22,23,24);1H. The fourth-order valence-corrected chi connectivity index (χ4v) is 3.75. The molecule has 2 unspecified atom stereocenters. The van der Waals surface area contributed by atoms with Crippen molar-refractivity contribution in [2.75, 3.05) is 39.3 Å². The summed E-state index contributed by atoms with van der Waals surface area (Å²) >= 11 is 0. The second kappa shape index (κ2) is 16.3. The lowest BCUT2D eigenvalue weighted by Gasteiger charge is -2.26. The predicted molar refractivity (Wildman–Crippen MR) is 131 cm³/mol. The number of likely N-dealkylation sites (tertiary alicyclic amines) is 1. The average Bonchev–Trinajstić information content (AvgIpc) is 3.08. The van der Waals surface area contributed by atoms with E-state index >= 15 is 0 Å². The summed E-state index contributed by atoms with van der Waals surface area (Å²) in [4.78, 5) is 21.3. The Bertz CT molecular complexity index is 443. The van der Waals surface area contributed by atoms with E-state index < -0.39 is 0 Å². The molecule has 0 aromatic carbocycles. The van der Waals surface area contributed by atoms with E-state index in [0.717, 1.165) is 77.3 Å². The third-order valence-corrected chi connectivity index (χ3v) is 5.49. The highest BCUT2D eigenvalue weighted by Crippen LogP contribution is 2.18. The normalized spacial score (nSPS) is 16.9. The molecule has 166 valence electrons. The fraction of sp³-hybridized carbons (Fsp3) is 0.905. The Hall–Kier alpha value is -0.570. The molecule has 1 heterocycles. The van der Waals surface area contributed by atoms with Gasteiger partial charge in [-0.25, -0.2) is 0 Å². The second-order valence-electron chi connectivity index (χ2n) is 7.52. The van der Waals surface area contributed by atoms with Crippen molar-refractivity contribution in [2.45, 2.75) is 85.2 Å². The molecule has 0 saturated carbocycles. The molecular weight excluding hydrogens is 465 g/mol. The highest BCUT2D eigenvalue weighted by molar-refractivity contribution is 14.0. The molecule has 1 aliphatic rings. The van der Waals surface area contributed by atoms with Crippen molar-refractivity contribution < 1.29 is 4.79 Å². The van der Waals surface area contributed by atoms with E-state index in [1.165, 1.54) is 6.42 Å². The van der Waals surface area contributed by atoms with Crippen molar-refractivity contribution in [3.63, 3.8) is 0 Å². The van der Waals surface area contributed by atoms with E-state index in [2.05, 4.69) is 55.1 Å². The minimum absolute atomic E-state index is 0. The molecule has 0 bridgehead atoms. The number of nitrogens with zero attached hydrogens (tertiary/aromatic N) is 3. The Morgan fingerprint density at radius 2 is 1.93 bits per heavy atom. The van der Waals surface area contributed by atoms with Crippen LogP contribution in [0.2, 0.25) is 0 Å². The summed E-state index contributed by atoms with van der Waals surface area (Å²) in [5, 5.41) is 6.89. The van der Waals surface area contributed by atoms with Crippen molar-refractivity contribution >= 4 is 35.8 Å². The number of nitrogens with one attached hydrogen (secondary N) is 2. The second-order valence-corrected chi connectivity index (χ2v) is 7.52. The lowest BCUT2D eigenvalue weighted by Crippen LogP contribution is -2.43. The zero-order chi connectivity index (χ0) is 20.1. The molecule has 1 saturated heterocycles. The van der Waals surface area contributed by atoms with Crippen LogP contribution in [0.4, 0.5) is 0 Å². The SMILES string of the molecule is CCNC(=NCCC(CC)N1CCCC1=O)NC(C)CCCN(CC)CC.I. The van der Waals surface area contributed by atoms with Crippen LogP contribution in [0.25, 0.3) is 0 Å². The van der Waals surface area contributed by atoms with Gasteiger partial charge in [0.15, 0.2) is 5.96 Å². The lowest BCUT2D eigenvalue weighted by molar-refractivity contribution is -0.129. The van der Waals surface area contributed by atoms with E-state index in [9.17, 15) is 4.79 Å². The van der Waals surface area contributed by atoms with Gasteiger partial charge in [0, 0.05) is 38.1 Å². The smallest absolute Gasteiger partial charge is 0.222 e. The van der Waals surface area contributed by atoms with Gasteiger partial charge in [-0.05, 0) is 65.6 Å². The first-order valence-corrected chi connectivity index (χ1v) is 11.1. The number of carbonyl (C=O) groups is 1. The van der Waals surface area contributed by atoms with Crippen molar-refractivity contribution in [2.24, 2.45) is 4.99 Å². The molecule has 1 rings (SSSR count). The molecule has 1 amide bonds. The molecule has 0 radical (unpaired) electrons. The minimum atomic E-state index is 0. The van der Waals surface area contributed by atoms with Crippen molar-refractivity contribution in [1.29, 1.82) is 0 Å². The van der Waals surface area contributed by atoms with Gasteiger partial charge in [-0.1, -0.05) is 20.8 Å². The molecule has 1 fully saturated rings. The van der Waals surface area contributed by atoms with Crippen LogP contribution in [0.15, 0.2) is 4.99 Å². The molecule has 0 aromatic rings. The third kappa shape index (κ3) is 10.3. The highest BCUT2D eigenvalue weighted by Gasteiger charge is 2.26. The van der Waals surface area contributed by atoms with Crippen LogP contribution >= 0.6 is 24.0 Å². The Morgan fingerprint density at radius 3 is 2.46 bits per heavy atom. The number of amides is 1. The Balaban J connectivity index is 0.00000729. The number of hydrogen-bond acceptors (Lipinski definition) is 3. The summed E-state index contributed by atoms with van der Waals surface area (Å²) in [6.45, 7) is 16.9. The summed E-state index contributed by atoms with van der Waals surface area (Å²) in [6, 6.07) is 0.735. The highest BCUT2D eigenvalue weighted by atomic mass is 127. The molecular formula is C21H44IN5O. The molecule has 2 N–H and O–H groups in total. The predicted octanol–water partition coefficient (Wildman–Crippen LogP) is 3.46. The molecule has 2 atom stereocenters. The molecule has 0 aromatic heterocycles. The van der Waals surface area contributed by atoms with Gasteiger partial charge in [-0.3, -0.25) is 9.79 Å². The maximum atomic E-state index is 12.0. The number of rotatable bonds is 13. The maximum absolute atomic E-state index is 12.0. The van der Waals surface area contributed by atoms with Crippen LogP contribution in [-0.4, -0.2) is 73.0 Å². The van der Waals surface area contributed by atoms with Gasteiger partial charge >= 0.3 is 0 Å². The van der Waals surface area contributed by atoms with E-state index in [-0.39, 0.29) is 24.0 Å². The van der Waals surface area contributed by atoms with Gasteiger partial charge in [-0.15, -0.1) is 24.0 Å². The number of guanidine groups is 1. The van der Waals surface area contributed by atoms with E-state index in [1.807, 2.05) is 0 Å². The number of carbonyl (C=O) groups excluding carboxylic acids is 1. The summed E-state index contributed by atoms with van der Waals surface area (Å²) in [7, 11) is 0. The zero-order valence-electron chi connectivity index (χ0n) is 18.8. The lowest BCUT2D eigenvalue weighted by atomic mass is 10.1. The summed E-state index contributed by atoms with van der Waals surface area (Å²) in [6.07, 6.45) is 6.01. The summed E-state index contributed by atoms with van der Waals surface area (Å²) in [5.41, 5.74) is 0. The molecule has 0 spiro atoms. The first-order valence-electron chi connectivity index (χ1n) is 11.1. The van der Waals surface area contributed by atoms with Crippen molar-refractivity contribution in [3.05, 3.63) is 0 Å².